The number of benzene rings is 1. The Kier molecular flexibility index (Phi) is 3.68. The fourth-order valence-electron chi connectivity index (χ4n) is 1.37. The van der Waals surface area contributed by atoms with Gasteiger partial charge in [0.2, 0.25) is 0 Å². The second kappa shape index (κ2) is 5.03. The average molecular weight is 301 g/mol. The molecule has 0 fully saturated rings. The first kappa shape index (κ1) is 11.7. The van der Waals surface area contributed by atoms with Crippen molar-refractivity contribution < 1.29 is 4.39 Å². The third-order valence-electron chi connectivity index (χ3n) is 2.01. The van der Waals surface area contributed by atoms with Gasteiger partial charge in [-0.05, 0) is 25.2 Å². The van der Waals surface area contributed by atoms with E-state index in [2.05, 4.69) is 26.2 Å². The molecule has 1 N–H and O–H groups in total. The average Bonchev–Trinajstić information content (AvgIpc) is 2.65. The maximum atomic E-state index is 13.2. The molecule has 0 unspecified atom stereocenters. The first-order chi connectivity index (χ1) is 7.69. The summed E-state index contributed by atoms with van der Waals surface area (Å²) in [7, 11) is 1.89. The van der Waals surface area contributed by atoms with Crippen LogP contribution in [0.5, 0.6) is 0 Å². The molecule has 0 amide bonds. The molecule has 1 aromatic carbocycles. The number of aromatic nitrogens is 1. The second-order valence-electron chi connectivity index (χ2n) is 3.32. The summed E-state index contributed by atoms with van der Waals surface area (Å²) >= 11 is 4.84. The van der Waals surface area contributed by atoms with Crippen molar-refractivity contribution in [2.24, 2.45) is 0 Å². The number of nitrogens with zero attached hydrogens (tertiary/aromatic N) is 1. The number of thiazole rings is 1. The maximum absolute atomic E-state index is 13.2. The molecule has 84 valence electrons. The molecular formula is C11H10BrFN2S. The van der Waals surface area contributed by atoms with E-state index in [1.165, 1.54) is 12.1 Å². The number of hydrogen-bond donors (Lipinski definition) is 1. The summed E-state index contributed by atoms with van der Waals surface area (Å²) in [6.07, 6.45) is 1.81. The molecule has 2 rings (SSSR count). The van der Waals surface area contributed by atoms with Crippen molar-refractivity contribution in [2.75, 3.05) is 7.05 Å². The summed E-state index contributed by atoms with van der Waals surface area (Å²) < 4.78 is 13.9. The predicted molar refractivity (Wildman–Crippen MR) is 68.0 cm³/mol. The Balaban J connectivity index is 2.34. The lowest BCUT2D eigenvalue weighted by molar-refractivity contribution is 0.627. The predicted octanol–water partition coefficient (Wildman–Crippen LogP) is 3.43. The summed E-state index contributed by atoms with van der Waals surface area (Å²) in [6, 6.07) is 4.80. The van der Waals surface area contributed by atoms with Crippen molar-refractivity contribution >= 4 is 27.3 Å². The minimum Gasteiger partial charge on any atom is -0.315 e. The maximum Gasteiger partial charge on any atom is 0.125 e. The van der Waals surface area contributed by atoms with Crippen molar-refractivity contribution in [2.45, 2.75) is 6.54 Å². The van der Waals surface area contributed by atoms with Gasteiger partial charge >= 0.3 is 0 Å². The van der Waals surface area contributed by atoms with E-state index in [9.17, 15) is 4.39 Å². The van der Waals surface area contributed by atoms with Gasteiger partial charge in [0.1, 0.15) is 10.8 Å². The van der Waals surface area contributed by atoms with E-state index < -0.39 is 0 Å². The monoisotopic (exact) mass is 300 g/mol. The standard InChI is InChI=1S/C11H10BrFN2S/c1-14-5-10-6-15-11(16-10)7-2-8(12)4-9(13)3-7/h2-4,6,14H,5H2,1H3. The summed E-state index contributed by atoms with van der Waals surface area (Å²) in [5.41, 5.74) is 0.805. The molecule has 0 aliphatic rings. The van der Waals surface area contributed by atoms with Crippen LogP contribution < -0.4 is 5.32 Å². The van der Waals surface area contributed by atoms with Crippen LogP contribution in [-0.4, -0.2) is 12.0 Å². The minimum atomic E-state index is -0.255. The molecule has 5 heteroatoms. The van der Waals surface area contributed by atoms with Crippen molar-refractivity contribution in [1.82, 2.24) is 10.3 Å². The van der Waals surface area contributed by atoms with Gasteiger partial charge in [-0.3, -0.25) is 0 Å². The molecule has 0 spiro atoms. The van der Waals surface area contributed by atoms with Crippen LogP contribution in [0.15, 0.2) is 28.9 Å². The largest absolute Gasteiger partial charge is 0.315 e. The number of nitrogens with one attached hydrogen (secondary N) is 1. The molecule has 0 atom stereocenters. The summed E-state index contributed by atoms with van der Waals surface area (Å²) in [5.74, 6) is -0.255. The molecule has 0 saturated heterocycles. The van der Waals surface area contributed by atoms with Crippen LogP contribution in [-0.2, 0) is 6.54 Å². The smallest absolute Gasteiger partial charge is 0.125 e. The Bertz CT molecular complexity index is 478. The van der Waals surface area contributed by atoms with Crippen LogP contribution in [0.2, 0.25) is 0 Å². The van der Waals surface area contributed by atoms with Crippen LogP contribution in [0.4, 0.5) is 4.39 Å². The van der Waals surface area contributed by atoms with Crippen LogP contribution in [0.1, 0.15) is 4.88 Å². The molecule has 0 aliphatic heterocycles. The van der Waals surface area contributed by atoms with Crippen molar-refractivity contribution in [3.63, 3.8) is 0 Å². The van der Waals surface area contributed by atoms with Gasteiger partial charge in [-0.1, -0.05) is 15.9 Å². The Labute approximate surface area is 106 Å². The molecule has 0 saturated carbocycles. The number of halogens is 2. The highest BCUT2D eigenvalue weighted by atomic mass is 79.9. The van der Waals surface area contributed by atoms with E-state index in [4.69, 9.17) is 0 Å². The topological polar surface area (TPSA) is 24.9 Å². The van der Waals surface area contributed by atoms with Crippen LogP contribution in [0, 0.1) is 5.82 Å². The SMILES string of the molecule is CNCc1cnc(-c2cc(F)cc(Br)c2)s1. The van der Waals surface area contributed by atoms with Crippen LogP contribution >= 0.6 is 27.3 Å². The Morgan fingerprint density at radius 3 is 2.94 bits per heavy atom. The van der Waals surface area contributed by atoms with Gasteiger partial charge in [-0.2, -0.15) is 0 Å². The highest BCUT2D eigenvalue weighted by Gasteiger charge is 2.06. The van der Waals surface area contributed by atoms with Gasteiger partial charge in [-0.25, -0.2) is 9.37 Å². The van der Waals surface area contributed by atoms with Gasteiger partial charge in [0.25, 0.3) is 0 Å². The number of rotatable bonds is 3. The lowest BCUT2D eigenvalue weighted by Gasteiger charge is -1.98. The molecule has 0 aliphatic carbocycles. The lowest BCUT2D eigenvalue weighted by atomic mass is 10.2. The van der Waals surface area contributed by atoms with Gasteiger partial charge in [-0.15, -0.1) is 11.3 Å². The first-order valence-electron chi connectivity index (χ1n) is 4.75. The third-order valence-corrected chi connectivity index (χ3v) is 3.52. The van der Waals surface area contributed by atoms with Crippen molar-refractivity contribution in [3.05, 3.63) is 39.6 Å². The van der Waals surface area contributed by atoms with E-state index in [1.807, 2.05) is 19.3 Å². The van der Waals surface area contributed by atoms with E-state index in [0.29, 0.717) is 0 Å². The summed E-state index contributed by atoms with van der Waals surface area (Å²) in [4.78, 5) is 5.42. The third kappa shape index (κ3) is 2.66. The highest BCUT2D eigenvalue weighted by Crippen LogP contribution is 2.28. The van der Waals surface area contributed by atoms with Gasteiger partial charge < -0.3 is 5.32 Å². The van der Waals surface area contributed by atoms with E-state index in [0.717, 1.165) is 26.5 Å². The molecular weight excluding hydrogens is 291 g/mol. The molecule has 2 nitrogen and oxygen atoms in total. The zero-order valence-electron chi connectivity index (χ0n) is 8.63. The minimum absolute atomic E-state index is 0.255. The van der Waals surface area contributed by atoms with E-state index >= 15 is 0 Å². The van der Waals surface area contributed by atoms with Crippen molar-refractivity contribution in [1.29, 1.82) is 0 Å². The second-order valence-corrected chi connectivity index (χ2v) is 5.35. The molecule has 2 aromatic rings. The zero-order valence-corrected chi connectivity index (χ0v) is 11.0. The highest BCUT2D eigenvalue weighted by molar-refractivity contribution is 9.10. The Morgan fingerprint density at radius 1 is 1.44 bits per heavy atom. The normalized spacial score (nSPS) is 10.7. The first-order valence-corrected chi connectivity index (χ1v) is 6.36. The zero-order chi connectivity index (χ0) is 11.5. The van der Waals surface area contributed by atoms with Crippen LogP contribution in [0.3, 0.4) is 0 Å². The van der Waals surface area contributed by atoms with E-state index in [-0.39, 0.29) is 5.82 Å². The fraction of sp³-hybridized carbons (Fsp3) is 0.182. The lowest BCUT2D eigenvalue weighted by Crippen LogP contribution is -2.02. The van der Waals surface area contributed by atoms with Crippen molar-refractivity contribution in [3.8, 4) is 10.6 Å². The van der Waals surface area contributed by atoms with Crippen LogP contribution in [0.25, 0.3) is 10.6 Å². The molecule has 0 radical (unpaired) electrons. The molecule has 1 aromatic heterocycles. The van der Waals surface area contributed by atoms with Gasteiger partial charge in [0.15, 0.2) is 0 Å². The molecule has 0 bridgehead atoms. The van der Waals surface area contributed by atoms with Gasteiger partial charge in [0, 0.05) is 27.7 Å². The molecule has 16 heavy (non-hydrogen) atoms. The fourth-order valence-corrected chi connectivity index (χ4v) is 2.75. The summed E-state index contributed by atoms with van der Waals surface area (Å²) in [6.45, 7) is 0.786. The summed E-state index contributed by atoms with van der Waals surface area (Å²) in [5, 5.41) is 3.90. The molecule has 1 heterocycles. The Morgan fingerprint density at radius 2 is 2.25 bits per heavy atom. The Hall–Kier alpha value is -0.780. The van der Waals surface area contributed by atoms with Gasteiger partial charge in [0.05, 0.1) is 0 Å². The van der Waals surface area contributed by atoms with E-state index in [1.54, 1.807) is 11.3 Å². The quantitative estimate of drug-likeness (QED) is 0.939. The number of hydrogen-bond acceptors (Lipinski definition) is 3.